The Morgan fingerprint density at radius 2 is 1.80 bits per heavy atom. The van der Waals surface area contributed by atoms with Crippen LogP contribution >= 0.6 is 0 Å². The molecule has 0 N–H and O–H groups in total. The van der Waals surface area contributed by atoms with Gasteiger partial charge in [-0.1, -0.05) is 41.6 Å². The van der Waals surface area contributed by atoms with Crippen molar-refractivity contribution in [2.24, 2.45) is 5.16 Å². The first-order chi connectivity index (χ1) is 9.75. The molecule has 0 bridgehead atoms. The summed E-state index contributed by atoms with van der Waals surface area (Å²) >= 11 is 0. The minimum atomic E-state index is -0.447. The summed E-state index contributed by atoms with van der Waals surface area (Å²) < 4.78 is 5.79. The van der Waals surface area contributed by atoms with Crippen LogP contribution in [0.25, 0.3) is 0 Å². The number of carbonyl (C=O) groups is 1. The highest BCUT2D eigenvalue weighted by molar-refractivity contribution is 6.15. The van der Waals surface area contributed by atoms with Crippen molar-refractivity contribution in [3.63, 3.8) is 0 Å². The Bertz CT molecular complexity index is 642. The van der Waals surface area contributed by atoms with Gasteiger partial charge in [-0.05, 0) is 17.7 Å². The lowest BCUT2D eigenvalue weighted by atomic mass is 9.98. The minimum Gasteiger partial charge on any atom is -0.488 e. The Balaban J connectivity index is 2.19. The van der Waals surface area contributed by atoms with Crippen LogP contribution in [0.2, 0.25) is 0 Å². The van der Waals surface area contributed by atoms with E-state index in [0.717, 1.165) is 22.4 Å². The number of oxime groups is 1. The molecule has 0 saturated carbocycles. The van der Waals surface area contributed by atoms with Gasteiger partial charge >= 0.3 is 5.97 Å². The fourth-order valence-corrected chi connectivity index (χ4v) is 2.17. The van der Waals surface area contributed by atoms with Crippen LogP contribution in [0.3, 0.4) is 0 Å². The maximum Gasteiger partial charge on any atom is 0.332 e. The molecule has 1 aliphatic heterocycles. The molecule has 2 aromatic rings. The van der Waals surface area contributed by atoms with Gasteiger partial charge in [0.1, 0.15) is 18.1 Å². The summed E-state index contributed by atoms with van der Waals surface area (Å²) in [5, 5.41) is 4.01. The molecule has 4 nitrogen and oxygen atoms in total. The van der Waals surface area contributed by atoms with Gasteiger partial charge in [-0.3, -0.25) is 0 Å². The summed E-state index contributed by atoms with van der Waals surface area (Å²) in [5.74, 6) is 0.284. The zero-order valence-electron chi connectivity index (χ0n) is 11.0. The Kier molecular flexibility index (Phi) is 3.21. The number of para-hydroxylation sites is 1. The molecule has 0 aromatic heterocycles. The third-order valence-corrected chi connectivity index (χ3v) is 3.06. The van der Waals surface area contributed by atoms with E-state index >= 15 is 0 Å². The summed E-state index contributed by atoms with van der Waals surface area (Å²) in [7, 11) is 0. The zero-order chi connectivity index (χ0) is 13.9. The number of benzene rings is 2. The smallest absolute Gasteiger partial charge is 0.332 e. The van der Waals surface area contributed by atoms with Crippen LogP contribution in [0, 0.1) is 0 Å². The average molecular weight is 267 g/mol. The second-order valence-corrected chi connectivity index (χ2v) is 4.46. The summed E-state index contributed by atoms with van der Waals surface area (Å²) in [6.45, 7) is 1.79. The number of hydrogen-bond acceptors (Lipinski definition) is 4. The second kappa shape index (κ2) is 5.17. The van der Waals surface area contributed by atoms with Gasteiger partial charge in [-0.15, -0.1) is 0 Å². The number of fused-ring (bicyclic) bond motifs is 2. The van der Waals surface area contributed by atoms with Gasteiger partial charge in [0, 0.05) is 18.1 Å². The molecule has 0 radical (unpaired) electrons. The third kappa shape index (κ3) is 2.28. The van der Waals surface area contributed by atoms with Crippen LogP contribution in [0.5, 0.6) is 5.75 Å². The van der Waals surface area contributed by atoms with E-state index in [0.29, 0.717) is 12.3 Å². The third-order valence-electron chi connectivity index (χ3n) is 3.06. The van der Waals surface area contributed by atoms with Gasteiger partial charge < -0.3 is 9.57 Å². The normalized spacial score (nSPS) is 14.8. The summed E-state index contributed by atoms with van der Waals surface area (Å²) in [6.07, 6.45) is 0. The van der Waals surface area contributed by atoms with E-state index in [1.165, 1.54) is 6.92 Å². The minimum absolute atomic E-state index is 0.447. The molecular formula is C16H13NO3. The quantitative estimate of drug-likeness (QED) is 0.589. The maximum atomic E-state index is 11.0. The predicted molar refractivity (Wildman–Crippen MR) is 74.6 cm³/mol. The van der Waals surface area contributed by atoms with Crippen LogP contribution in [0.15, 0.2) is 53.7 Å². The first kappa shape index (κ1) is 12.4. The van der Waals surface area contributed by atoms with Crippen molar-refractivity contribution in [2.45, 2.75) is 13.5 Å². The molecule has 0 spiro atoms. The molecule has 4 heteroatoms. The monoisotopic (exact) mass is 267 g/mol. The molecule has 2 aromatic carbocycles. The first-order valence-electron chi connectivity index (χ1n) is 6.32. The fraction of sp³-hybridized carbons (Fsp3) is 0.125. The summed E-state index contributed by atoms with van der Waals surface area (Å²) in [4.78, 5) is 15.9. The lowest BCUT2D eigenvalue weighted by Crippen LogP contribution is -2.07. The van der Waals surface area contributed by atoms with E-state index < -0.39 is 5.97 Å². The van der Waals surface area contributed by atoms with Crippen molar-refractivity contribution in [1.82, 2.24) is 0 Å². The first-order valence-corrected chi connectivity index (χ1v) is 6.32. The Hall–Kier alpha value is -2.62. The van der Waals surface area contributed by atoms with Crippen LogP contribution in [0.1, 0.15) is 23.6 Å². The molecule has 0 saturated heterocycles. The van der Waals surface area contributed by atoms with E-state index in [1.807, 2.05) is 48.5 Å². The molecule has 1 aliphatic rings. The second-order valence-electron chi connectivity index (χ2n) is 4.46. The highest BCUT2D eigenvalue weighted by Gasteiger charge is 2.20. The molecule has 20 heavy (non-hydrogen) atoms. The van der Waals surface area contributed by atoms with E-state index in [1.54, 1.807) is 0 Å². The van der Waals surface area contributed by atoms with E-state index in [4.69, 9.17) is 9.57 Å². The van der Waals surface area contributed by atoms with Crippen molar-refractivity contribution in [2.75, 3.05) is 0 Å². The SMILES string of the molecule is CC(=O)ON=C1c2ccccc2COc2ccccc21. The molecule has 0 aliphatic carbocycles. The molecule has 0 amide bonds. The number of ether oxygens (including phenoxy) is 1. The van der Waals surface area contributed by atoms with Crippen molar-refractivity contribution < 1.29 is 14.4 Å². The number of hydrogen-bond donors (Lipinski definition) is 0. The van der Waals surface area contributed by atoms with Crippen molar-refractivity contribution in [3.05, 3.63) is 65.2 Å². The topological polar surface area (TPSA) is 47.9 Å². The van der Waals surface area contributed by atoms with Crippen LogP contribution in [-0.2, 0) is 16.2 Å². The Labute approximate surface area is 116 Å². The molecule has 0 fully saturated rings. The zero-order valence-corrected chi connectivity index (χ0v) is 11.0. The largest absolute Gasteiger partial charge is 0.488 e. The van der Waals surface area contributed by atoms with Gasteiger partial charge in [0.2, 0.25) is 0 Å². The molecule has 0 atom stereocenters. The molecule has 0 unspecified atom stereocenters. The number of carbonyl (C=O) groups excluding carboxylic acids is 1. The van der Waals surface area contributed by atoms with Crippen LogP contribution < -0.4 is 4.74 Å². The highest BCUT2D eigenvalue weighted by atomic mass is 16.7. The number of rotatable bonds is 1. The van der Waals surface area contributed by atoms with Crippen molar-refractivity contribution >= 4 is 11.7 Å². The highest BCUT2D eigenvalue weighted by Crippen LogP contribution is 2.28. The van der Waals surface area contributed by atoms with Gasteiger partial charge in [0.25, 0.3) is 0 Å². The van der Waals surface area contributed by atoms with Gasteiger partial charge in [0.05, 0.1) is 0 Å². The van der Waals surface area contributed by atoms with E-state index in [9.17, 15) is 4.79 Å². The Morgan fingerprint density at radius 3 is 2.60 bits per heavy atom. The van der Waals surface area contributed by atoms with Crippen molar-refractivity contribution in [1.29, 1.82) is 0 Å². The molecular weight excluding hydrogens is 254 g/mol. The van der Waals surface area contributed by atoms with E-state index in [2.05, 4.69) is 5.16 Å². The molecule has 1 heterocycles. The predicted octanol–water partition coefficient (Wildman–Crippen LogP) is 2.89. The average Bonchev–Trinajstić information content (AvgIpc) is 2.62. The van der Waals surface area contributed by atoms with Crippen molar-refractivity contribution in [3.8, 4) is 5.75 Å². The Morgan fingerprint density at radius 1 is 1.10 bits per heavy atom. The summed E-state index contributed by atoms with van der Waals surface area (Å²) in [5.41, 5.74) is 3.36. The standard InChI is InChI=1S/C16H13NO3/c1-11(18)20-17-16-13-7-3-2-6-12(13)10-19-15-9-5-4-8-14(15)16/h2-9H,10H2,1H3. The maximum absolute atomic E-state index is 11.0. The summed E-state index contributed by atoms with van der Waals surface area (Å²) in [6, 6.07) is 15.4. The van der Waals surface area contributed by atoms with Crippen LogP contribution in [-0.4, -0.2) is 11.7 Å². The van der Waals surface area contributed by atoms with Crippen LogP contribution in [0.4, 0.5) is 0 Å². The fourth-order valence-electron chi connectivity index (χ4n) is 2.17. The lowest BCUT2D eigenvalue weighted by molar-refractivity contribution is -0.140. The van der Waals surface area contributed by atoms with E-state index in [-0.39, 0.29) is 0 Å². The number of nitrogens with zero attached hydrogens (tertiary/aromatic N) is 1. The molecule has 3 rings (SSSR count). The lowest BCUT2D eigenvalue weighted by Gasteiger charge is -2.07. The van der Waals surface area contributed by atoms with Gasteiger partial charge in [-0.25, -0.2) is 4.79 Å². The van der Waals surface area contributed by atoms with Gasteiger partial charge in [-0.2, -0.15) is 0 Å². The van der Waals surface area contributed by atoms with Gasteiger partial charge in [0.15, 0.2) is 0 Å². The molecule has 100 valence electrons.